The normalized spacial score (nSPS) is 14.4. The van der Waals surface area contributed by atoms with Gasteiger partial charge in [0.1, 0.15) is 0 Å². The van der Waals surface area contributed by atoms with Gasteiger partial charge in [-0.25, -0.2) is 0 Å². The maximum Gasteiger partial charge on any atom is 0.433 e. The summed E-state index contributed by atoms with van der Waals surface area (Å²) in [5.41, 5.74) is -1.98. The third-order valence-electron chi connectivity index (χ3n) is 1.24. The van der Waals surface area contributed by atoms with E-state index in [9.17, 15) is 26.4 Å². The zero-order valence-corrected chi connectivity index (χ0v) is 7.50. The van der Waals surface area contributed by atoms with Crippen LogP contribution in [0.1, 0.15) is 20.3 Å². The minimum Gasteiger partial charge on any atom is -0.181 e. The fourth-order valence-electron chi connectivity index (χ4n) is 0.712. The van der Waals surface area contributed by atoms with Crippen LogP contribution >= 0.6 is 0 Å². The molecule has 0 aromatic carbocycles. The molecule has 0 heterocycles. The van der Waals surface area contributed by atoms with Gasteiger partial charge in [0.2, 0.25) is 0 Å². The first-order chi connectivity index (χ1) is 6.10. The first-order valence-electron chi connectivity index (χ1n) is 3.72. The van der Waals surface area contributed by atoms with Crippen LogP contribution in [-0.4, -0.2) is 17.3 Å². The minimum absolute atomic E-state index is 0.0439. The third-order valence-corrected chi connectivity index (χ3v) is 1.24. The van der Waals surface area contributed by atoms with E-state index in [0.717, 1.165) is 0 Å². The highest BCUT2D eigenvalue weighted by atomic mass is 19.4. The SMILES string of the molecule is CCC=C(N(F)C(C)(F)F)C(F)(F)F. The van der Waals surface area contributed by atoms with Crippen molar-refractivity contribution >= 4 is 0 Å². The van der Waals surface area contributed by atoms with Crippen LogP contribution in [0, 0.1) is 0 Å². The van der Waals surface area contributed by atoms with E-state index in [1.165, 1.54) is 6.92 Å². The van der Waals surface area contributed by atoms with E-state index >= 15 is 0 Å². The van der Waals surface area contributed by atoms with Crippen LogP contribution in [0.2, 0.25) is 0 Å². The number of rotatable bonds is 3. The molecule has 0 unspecified atom stereocenters. The quantitative estimate of drug-likeness (QED) is 0.399. The van der Waals surface area contributed by atoms with Gasteiger partial charge >= 0.3 is 12.2 Å². The van der Waals surface area contributed by atoms with E-state index in [1.807, 2.05) is 0 Å². The lowest BCUT2D eigenvalue weighted by molar-refractivity contribution is -0.238. The van der Waals surface area contributed by atoms with Crippen molar-refractivity contribution in [1.29, 1.82) is 0 Å². The molecular formula is C7H9F6N. The molecular weight excluding hydrogens is 212 g/mol. The van der Waals surface area contributed by atoms with Gasteiger partial charge < -0.3 is 0 Å². The lowest BCUT2D eigenvalue weighted by atomic mass is 10.3. The summed E-state index contributed by atoms with van der Waals surface area (Å²) in [6, 6.07) is -4.18. The van der Waals surface area contributed by atoms with Crippen molar-refractivity contribution in [2.24, 2.45) is 0 Å². The van der Waals surface area contributed by atoms with E-state index in [0.29, 0.717) is 6.08 Å². The Morgan fingerprint density at radius 1 is 1.21 bits per heavy atom. The van der Waals surface area contributed by atoms with E-state index in [4.69, 9.17) is 0 Å². The summed E-state index contributed by atoms with van der Waals surface area (Å²) in [5, 5.41) is -1.57. The monoisotopic (exact) mass is 221 g/mol. The van der Waals surface area contributed by atoms with Gasteiger partial charge in [-0.15, -0.1) is 5.12 Å². The summed E-state index contributed by atoms with van der Waals surface area (Å²) >= 11 is 0. The molecule has 0 aromatic heterocycles. The highest BCUT2D eigenvalue weighted by Gasteiger charge is 2.45. The van der Waals surface area contributed by atoms with E-state index < -0.39 is 23.0 Å². The Kier molecular flexibility index (Phi) is 3.84. The summed E-state index contributed by atoms with van der Waals surface area (Å²) in [5.74, 6) is 0. The molecule has 0 saturated carbocycles. The second kappa shape index (κ2) is 4.10. The maximum atomic E-state index is 12.6. The molecule has 0 atom stereocenters. The number of hydrogen-bond acceptors (Lipinski definition) is 1. The molecule has 14 heavy (non-hydrogen) atoms. The van der Waals surface area contributed by atoms with Crippen LogP contribution in [0.4, 0.5) is 26.4 Å². The second-order valence-electron chi connectivity index (χ2n) is 2.62. The second-order valence-corrected chi connectivity index (χ2v) is 2.62. The average Bonchev–Trinajstić information content (AvgIpc) is 1.94. The zero-order chi connectivity index (χ0) is 11.6. The van der Waals surface area contributed by atoms with Crippen molar-refractivity contribution in [1.82, 2.24) is 5.12 Å². The Morgan fingerprint density at radius 3 is 1.86 bits per heavy atom. The van der Waals surface area contributed by atoms with E-state index in [1.54, 1.807) is 0 Å². The molecule has 1 nitrogen and oxygen atoms in total. The predicted molar refractivity (Wildman–Crippen MR) is 38.0 cm³/mol. The van der Waals surface area contributed by atoms with Crippen LogP contribution in [0.25, 0.3) is 0 Å². The highest BCUT2D eigenvalue weighted by molar-refractivity contribution is 5.06. The molecule has 84 valence electrons. The molecule has 0 amide bonds. The maximum absolute atomic E-state index is 12.6. The first-order valence-corrected chi connectivity index (χ1v) is 3.72. The van der Waals surface area contributed by atoms with Gasteiger partial charge in [0.25, 0.3) is 0 Å². The smallest absolute Gasteiger partial charge is 0.181 e. The summed E-state index contributed by atoms with van der Waals surface area (Å²) < 4.78 is 73.0. The van der Waals surface area contributed by atoms with Gasteiger partial charge in [0.15, 0.2) is 5.70 Å². The molecule has 0 aliphatic heterocycles. The number of halogens is 6. The van der Waals surface area contributed by atoms with Crippen LogP contribution in [0.5, 0.6) is 0 Å². The van der Waals surface area contributed by atoms with Crippen LogP contribution < -0.4 is 0 Å². The Labute approximate surface area is 76.9 Å². The lowest BCUT2D eigenvalue weighted by Crippen LogP contribution is -2.37. The largest absolute Gasteiger partial charge is 0.433 e. The molecule has 0 aliphatic carbocycles. The van der Waals surface area contributed by atoms with Gasteiger partial charge in [-0.1, -0.05) is 17.5 Å². The summed E-state index contributed by atoms with van der Waals surface area (Å²) in [6.45, 7) is 1.33. The third kappa shape index (κ3) is 3.47. The molecule has 0 rings (SSSR count). The van der Waals surface area contributed by atoms with Gasteiger partial charge in [0.05, 0.1) is 0 Å². The molecule has 0 fully saturated rings. The lowest BCUT2D eigenvalue weighted by Gasteiger charge is -2.24. The summed E-state index contributed by atoms with van der Waals surface area (Å²) in [4.78, 5) is 0. The minimum atomic E-state index is -5.12. The topological polar surface area (TPSA) is 3.24 Å². The van der Waals surface area contributed by atoms with Gasteiger partial charge in [0, 0.05) is 6.92 Å². The van der Waals surface area contributed by atoms with E-state index in [2.05, 4.69) is 0 Å². The molecule has 0 aromatic rings. The fourth-order valence-corrected chi connectivity index (χ4v) is 0.712. The number of allylic oxidation sites excluding steroid dienone is 2. The van der Waals surface area contributed by atoms with Crippen LogP contribution in [0.15, 0.2) is 11.8 Å². The zero-order valence-electron chi connectivity index (χ0n) is 7.50. The molecule has 0 bridgehead atoms. The van der Waals surface area contributed by atoms with Crippen molar-refractivity contribution in [3.63, 3.8) is 0 Å². The molecule has 0 spiro atoms. The first kappa shape index (κ1) is 13.1. The Hall–Kier alpha value is -0.880. The van der Waals surface area contributed by atoms with Gasteiger partial charge in [-0.05, 0) is 6.42 Å². The van der Waals surface area contributed by atoms with Crippen molar-refractivity contribution in [2.45, 2.75) is 32.5 Å². The number of nitrogens with zero attached hydrogens (tertiary/aromatic N) is 1. The van der Waals surface area contributed by atoms with Gasteiger partial charge in [-0.3, -0.25) is 0 Å². The van der Waals surface area contributed by atoms with Crippen molar-refractivity contribution < 1.29 is 26.4 Å². The average molecular weight is 221 g/mol. The van der Waals surface area contributed by atoms with Crippen molar-refractivity contribution in [3.05, 3.63) is 11.8 Å². The Morgan fingerprint density at radius 2 is 1.64 bits per heavy atom. The highest BCUT2D eigenvalue weighted by Crippen LogP contribution is 2.35. The van der Waals surface area contributed by atoms with Crippen LogP contribution in [0.3, 0.4) is 0 Å². The summed E-state index contributed by atoms with van der Waals surface area (Å²) in [7, 11) is 0. The standard InChI is InChI=1S/C7H9F6N/c1-3-4-5(7(10,11)12)14(13)6(2,8)9/h4H,3H2,1-2H3. The van der Waals surface area contributed by atoms with Crippen molar-refractivity contribution in [3.8, 4) is 0 Å². The Balaban J connectivity index is 4.97. The number of hydrogen-bond donors (Lipinski definition) is 0. The van der Waals surface area contributed by atoms with E-state index in [-0.39, 0.29) is 13.3 Å². The van der Waals surface area contributed by atoms with Crippen molar-refractivity contribution in [2.75, 3.05) is 0 Å². The summed E-state index contributed by atoms with van der Waals surface area (Å²) in [6.07, 6.45) is -4.95. The molecule has 0 aliphatic rings. The molecule has 0 saturated heterocycles. The molecule has 0 radical (unpaired) electrons. The van der Waals surface area contributed by atoms with Crippen LogP contribution in [-0.2, 0) is 0 Å². The number of alkyl halides is 5. The predicted octanol–water partition coefficient (Wildman–Crippen LogP) is 3.64. The molecule has 7 heteroatoms. The Bertz CT molecular complexity index is 213. The fraction of sp³-hybridized carbons (Fsp3) is 0.714. The van der Waals surface area contributed by atoms with Gasteiger partial charge in [-0.2, -0.15) is 22.0 Å². The molecule has 0 N–H and O–H groups in total.